The third-order valence-corrected chi connectivity index (χ3v) is 1.97. The third kappa shape index (κ3) is 1.21. The number of aromatic nitrogens is 2. The molecule has 4 heteroatoms. The molecule has 1 aromatic heterocycles. The largest absolute Gasteiger partial charge is 0.381 e. The lowest BCUT2D eigenvalue weighted by Gasteiger charge is -1.96. The summed E-state index contributed by atoms with van der Waals surface area (Å²) in [6.07, 6.45) is 0. The fourth-order valence-corrected chi connectivity index (χ4v) is 1.28. The van der Waals surface area contributed by atoms with Gasteiger partial charge in [0.1, 0.15) is 11.6 Å². The van der Waals surface area contributed by atoms with Crippen LogP contribution in [0.15, 0.2) is 30.3 Å². The quantitative estimate of drug-likeness (QED) is 0.705. The van der Waals surface area contributed by atoms with E-state index in [1.807, 2.05) is 36.4 Å². The van der Waals surface area contributed by atoms with E-state index in [1.54, 1.807) is 0 Å². The molecule has 0 amide bonds. The molecule has 4 nitrogen and oxygen atoms in total. The molecule has 0 aliphatic heterocycles. The number of H-pyrrole nitrogens is 1. The second-order valence-corrected chi connectivity index (χ2v) is 2.84. The van der Waals surface area contributed by atoms with Crippen molar-refractivity contribution in [1.82, 2.24) is 10.2 Å². The molecule has 2 rings (SSSR count). The predicted octanol–water partition coefficient (Wildman–Crippen LogP) is 1.53. The van der Waals surface area contributed by atoms with Crippen molar-refractivity contribution >= 4 is 5.82 Å². The summed E-state index contributed by atoms with van der Waals surface area (Å²) in [5, 5.41) is 15.4. The van der Waals surface area contributed by atoms with E-state index in [0.29, 0.717) is 11.3 Å². The minimum atomic E-state index is 0.242. The molecule has 14 heavy (non-hydrogen) atoms. The molecule has 0 radical (unpaired) electrons. The van der Waals surface area contributed by atoms with Crippen molar-refractivity contribution < 1.29 is 0 Å². The van der Waals surface area contributed by atoms with Crippen LogP contribution in [0.2, 0.25) is 0 Å². The Balaban J connectivity index is 2.59. The van der Waals surface area contributed by atoms with Crippen molar-refractivity contribution in [1.29, 1.82) is 5.26 Å². The lowest BCUT2D eigenvalue weighted by Crippen LogP contribution is -1.87. The van der Waals surface area contributed by atoms with Crippen molar-refractivity contribution in [3.63, 3.8) is 0 Å². The van der Waals surface area contributed by atoms with Gasteiger partial charge in [0.2, 0.25) is 0 Å². The van der Waals surface area contributed by atoms with Crippen LogP contribution in [0.5, 0.6) is 0 Å². The summed E-state index contributed by atoms with van der Waals surface area (Å²) in [7, 11) is 0. The summed E-state index contributed by atoms with van der Waals surface area (Å²) in [5.74, 6) is 0.242. The van der Waals surface area contributed by atoms with Gasteiger partial charge in [-0.3, -0.25) is 5.10 Å². The predicted molar refractivity (Wildman–Crippen MR) is 53.2 cm³/mol. The van der Waals surface area contributed by atoms with Crippen LogP contribution in [0.3, 0.4) is 0 Å². The maximum absolute atomic E-state index is 8.86. The van der Waals surface area contributed by atoms with Crippen LogP contribution in [0, 0.1) is 11.3 Å². The Labute approximate surface area is 81.0 Å². The Hall–Kier alpha value is -2.28. The van der Waals surface area contributed by atoms with Gasteiger partial charge in [-0.05, 0) is 0 Å². The van der Waals surface area contributed by atoms with Gasteiger partial charge < -0.3 is 5.73 Å². The van der Waals surface area contributed by atoms with Crippen molar-refractivity contribution in [3.05, 3.63) is 35.9 Å². The number of nitrogens with two attached hydrogens (primary N) is 1. The number of nitrogens with zero attached hydrogens (tertiary/aromatic N) is 2. The SMILES string of the molecule is N#Cc1c(N)n[nH]c1-c1ccccc1. The van der Waals surface area contributed by atoms with Gasteiger partial charge in [-0.1, -0.05) is 30.3 Å². The maximum atomic E-state index is 8.86. The smallest absolute Gasteiger partial charge is 0.163 e. The lowest BCUT2D eigenvalue weighted by molar-refractivity contribution is 1.10. The highest BCUT2D eigenvalue weighted by Crippen LogP contribution is 2.23. The number of nitrogen functional groups attached to an aromatic ring is 1. The van der Waals surface area contributed by atoms with Crippen LogP contribution < -0.4 is 5.73 Å². The number of benzene rings is 1. The lowest BCUT2D eigenvalue weighted by atomic mass is 10.1. The van der Waals surface area contributed by atoms with Crippen molar-refractivity contribution in [2.45, 2.75) is 0 Å². The highest BCUT2D eigenvalue weighted by atomic mass is 15.2. The van der Waals surface area contributed by atoms with Gasteiger partial charge >= 0.3 is 0 Å². The Morgan fingerprint density at radius 3 is 2.64 bits per heavy atom. The van der Waals surface area contributed by atoms with Crippen LogP contribution in [-0.4, -0.2) is 10.2 Å². The van der Waals surface area contributed by atoms with Crippen molar-refractivity contribution in [3.8, 4) is 17.3 Å². The molecule has 0 bridgehead atoms. The summed E-state index contributed by atoms with van der Waals surface area (Å²) in [4.78, 5) is 0. The molecule has 0 unspecified atom stereocenters. The summed E-state index contributed by atoms with van der Waals surface area (Å²) in [6, 6.07) is 11.5. The van der Waals surface area contributed by atoms with Gasteiger partial charge in [0.05, 0.1) is 5.69 Å². The van der Waals surface area contributed by atoms with Gasteiger partial charge in [0.25, 0.3) is 0 Å². The number of rotatable bonds is 1. The molecule has 2 aromatic rings. The number of anilines is 1. The molecule has 1 aromatic carbocycles. The molecular weight excluding hydrogens is 176 g/mol. The second-order valence-electron chi connectivity index (χ2n) is 2.84. The molecule has 0 aliphatic carbocycles. The Kier molecular flexibility index (Phi) is 1.92. The molecule has 0 spiro atoms. The van der Waals surface area contributed by atoms with E-state index in [4.69, 9.17) is 11.0 Å². The van der Waals surface area contributed by atoms with E-state index in [-0.39, 0.29) is 5.82 Å². The number of aromatic amines is 1. The van der Waals surface area contributed by atoms with Gasteiger partial charge in [-0.2, -0.15) is 10.4 Å². The topological polar surface area (TPSA) is 78.5 Å². The van der Waals surface area contributed by atoms with Crippen LogP contribution in [0.1, 0.15) is 5.56 Å². The maximum Gasteiger partial charge on any atom is 0.163 e. The fourth-order valence-electron chi connectivity index (χ4n) is 1.28. The third-order valence-electron chi connectivity index (χ3n) is 1.97. The minimum Gasteiger partial charge on any atom is -0.381 e. The molecule has 0 atom stereocenters. The molecule has 68 valence electrons. The first kappa shape index (κ1) is 8.32. The van der Waals surface area contributed by atoms with Crippen LogP contribution >= 0.6 is 0 Å². The summed E-state index contributed by atoms with van der Waals surface area (Å²) >= 11 is 0. The number of hydrogen-bond donors (Lipinski definition) is 2. The van der Waals surface area contributed by atoms with Gasteiger partial charge in [-0.25, -0.2) is 0 Å². The summed E-state index contributed by atoms with van der Waals surface area (Å²) < 4.78 is 0. The molecule has 0 saturated heterocycles. The van der Waals surface area contributed by atoms with Crippen LogP contribution in [0.4, 0.5) is 5.82 Å². The van der Waals surface area contributed by atoms with E-state index >= 15 is 0 Å². The zero-order valence-corrected chi connectivity index (χ0v) is 7.36. The molecule has 0 fully saturated rings. The first-order valence-corrected chi connectivity index (χ1v) is 4.12. The Morgan fingerprint density at radius 2 is 2.00 bits per heavy atom. The van der Waals surface area contributed by atoms with Crippen molar-refractivity contribution in [2.24, 2.45) is 0 Å². The highest BCUT2D eigenvalue weighted by Gasteiger charge is 2.10. The van der Waals surface area contributed by atoms with Gasteiger partial charge in [-0.15, -0.1) is 0 Å². The van der Waals surface area contributed by atoms with Crippen LogP contribution in [0.25, 0.3) is 11.3 Å². The van der Waals surface area contributed by atoms with E-state index in [2.05, 4.69) is 10.2 Å². The van der Waals surface area contributed by atoms with E-state index in [0.717, 1.165) is 5.56 Å². The molecule has 0 saturated carbocycles. The average molecular weight is 184 g/mol. The van der Waals surface area contributed by atoms with E-state index in [9.17, 15) is 0 Å². The monoisotopic (exact) mass is 184 g/mol. The Bertz CT molecular complexity index is 479. The second kappa shape index (κ2) is 3.23. The molecule has 0 aliphatic rings. The fraction of sp³-hybridized carbons (Fsp3) is 0. The first-order chi connectivity index (χ1) is 6.83. The summed E-state index contributed by atoms with van der Waals surface area (Å²) in [6.45, 7) is 0. The standard InChI is InChI=1S/C10H8N4/c11-6-8-9(13-14-10(8)12)7-4-2-1-3-5-7/h1-5H,(H3,12,13,14). The number of nitrogens with one attached hydrogen (secondary N) is 1. The number of nitriles is 1. The normalized spacial score (nSPS) is 9.64. The summed E-state index contributed by atoms with van der Waals surface area (Å²) in [5.41, 5.74) is 7.51. The zero-order chi connectivity index (χ0) is 9.97. The Morgan fingerprint density at radius 1 is 1.29 bits per heavy atom. The molecule has 1 heterocycles. The number of hydrogen-bond acceptors (Lipinski definition) is 3. The van der Waals surface area contributed by atoms with Crippen molar-refractivity contribution in [2.75, 3.05) is 5.73 Å². The van der Waals surface area contributed by atoms with Crippen LogP contribution in [-0.2, 0) is 0 Å². The van der Waals surface area contributed by atoms with Gasteiger partial charge in [0.15, 0.2) is 5.82 Å². The first-order valence-electron chi connectivity index (χ1n) is 4.12. The zero-order valence-electron chi connectivity index (χ0n) is 7.36. The minimum absolute atomic E-state index is 0.242. The highest BCUT2D eigenvalue weighted by molar-refractivity contribution is 5.71. The molecular formula is C10H8N4. The molecule has 3 N–H and O–H groups in total. The van der Waals surface area contributed by atoms with E-state index < -0.39 is 0 Å². The van der Waals surface area contributed by atoms with Gasteiger partial charge in [0, 0.05) is 5.56 Å². The average Bonchev–Trinajstić information content (AvgIpc) is 2.61. The van der Waals surface area contributed by atoms with E-state index in [1.165, 1.54) is 0 Å².